The highest BCUT2D eigenvalue weighted by Crippen LogP contribution is 2.42. The van der Waals surface area contributed by atoms with Crippen LogP contribution in [0.4, 0.5) is 5.69 Å². The van der Waals surface area contributed by atoms with Gasteiger partial charge in [-0.3, -0.25) is 9.36 Å². The van der Waals surface area contributed by atoms with Crippen LogP contribution in [0.25, 0.3) is 10.9 Å². The first-order chi connectivity index (χ1) is 13.7. The molecule has 8 heteroatoms. The lowest BCUT2D eigenvalue weighted by molar-refractivity contribution is 0.130. The maximum absolute atomic E-state index is 12.7. The molecule has 0 radical (unpaired) electrons. The van der Waals surface area contributed by atoms with Crippen LogP contribution >= 0.6 is 0 Å². The summed E-state index contributed by atoms with van der Waals surface area (Å²) in [5.41, 5.74) is 8.25. The van der Waals surface area contributed by atoms with Crippen molar-refractivity contribution in [2.45, 2.75) is 45.7 Å². The Labute approximate surface area is 170 Å². The van der Waals surface area contributed by atoms with Crippen LogP contribution in [-0.2, 0) is 4.74 Å². The number of nitrogens with two attached hydrogens (primary N) is 2. The fourth-order valence-corrected chi connectivity index (χ4v) is 4.98. The number of rotatable bonds is 5. The van der Waals surface area contributed by atoms with Crippen molar-refractivity contribution in [3.8, 4) is 0 Å². The second-order valence-corrected chi connectivity index (χ2v) is 9.26. The fourth-order valence-electron chi connectivity index (χ4n) is 4.98. The minimum atomic E-state index is -0.446. The van der Waals surface area contributed by atoms with Gasteiger partial charge >= 0.3 is 5.69 Å². The first-order valence-electron chi connectivity index (χ1n) is 10.2. The third kappa shape index (κ3) is 3.14. The normalized spacial score (nSPS) is 22.4. The van der Waals surface area contributed by atoms with Gasteiger partial charge in [0.05, 0.1) is 17.5 Å². The Morgan fingerprint density at radius 1 is 1.28 bits per heavy atom. The van der Waals surface area contributed by atoms with Gasteiger partial charge in [-0.25, -0.2) is 4.79 Å². The molecule has 2 fully saturated rings. The molecule has 2 aromatic rings. The lowest BCUT2D eigenvalue weighted by atomic mass is 9.78. The van der Waals surface area contributed by atoms with Crippen LogP contribution in [0.1, 0.15) is 38.3 Å². The average Bonchev–Trinajstić information content (AvgIpc) is 3.44. The van der Waals surface area contributed by atoms with Gasteiger partial charge in [0.2, 0.25) is 0 Å². The molecule has 2 heterocycles. The van der Waals surface area contributed by atoms with E-state index in [1.54, 1.807) is 17.7 Å². The molecule has 2 atom stereocenters. The third-order valence-electron chi connectivity index (χ3n) is 6.65. The van der Waals surface area contributed by atoms with Crippen molar-refractivity contribution < 1.29 is 4.74 Å². The zero-order valence-electron chi connectivity index (χ0n) is 17.6. The van der Waals surface area contributed by atoms with Gasteiger partial charge < -0.3 is 21.2 Å². The summed E-state index contributed by atoms with van der Waals surface area (Å²) in [7, 11) is 1.68. The number of ether oxygens (including phenoxy) is 1. The minimum Gasteiger partial charge on any atom is -0.383 e. The largest absolute Gasteiger partial charge is 0.383 e. The third-order valence-corrected chi connectivity index (χ3v) is 6.65. The molecule has 0 bridgehead atoms. The Balaban J connectivity index is 1.83. The van der Waals surface area contributed by atoms with Gasteiger partial charge in [0.15, 0.2) is 0 Å². The molecule has 8 nitrogen and oxygen atoms in total. The molecule has 0 spiro atoms. The second kappa shape index (κ2) is 6.88. The number of anilines is 1. The lowest BCUT2D eigenvalue weighted by Crippen LogP contribution is -2.44. The van der Waals surface area contributed by atoms with Crippen LogP contribution < -0.4 is 27.7 Å². The van der Waals surface area contributed by atoms with Crippen LogP contribution in [0.2, 0.25) is 0 Å². The van der Waals surface area contributed by atoms with Crippen molar-refractivity contribution >= 4 is 16.6 Å². The lowest BCUT2D eigenvalue weighted by Gasteiger charge is -2.29. The molecule has 4 rings (SSSR count). The molecular formula is C21H31N5O3. The predicted octanol–water partition coefficient (Wildman–Crippen LogP) is 0.956. The summed E-state index contributed by atoms with van der Waals surface area (Å²) in [4.78, 5) is 27.7. The van der Waals surface area contributed by atoms with E-state index in [2.05, 4.69) is 18.7 Å². The summed E-state index contributed by atoms with van der Waals surface area (Å²) >= 11 is 0. The first kappa shape index (κ1) is 20.0. The molecule has 1 aromatic carbocycles. The Morgan fingerprint density at radius 3 is 2.59 bits per heavy atom. The highest BCUT2D eigenvalue weighted by atomic mass is 16.5. The van der Waals surface area contributed by atoms with Crippen molar-refractivity contribution in [2.24, 2.45) is 17.1 Å². The number of aryl methyl sites for hydroxylation is 1. The topological polar surface area (TPSA) is 109 Å². The summed E-state index contributed by atoms with van der Waals surface area (Å²) in [5.74, 6) is 6.05. The van der Waals surface area contributed by atoms with Crippen molar-refractivity contribution in [3.63, 3.8) is 0 Å². The summed E-state index contributed by atoms with van der Waals surface area (Å²) in [6.07, 6.45) is 1.86. The monoisotopic (exact) mass is 401 g/mol. The summed E-state index contributed by atoms with van der Waals surface area (Å²) in [5, 5.41) is 0.492. The number of nitrogens with zero attached hydrogens (tertiary/aromatic N) is 3. The van der Waals surface area contributed by atoms with Gasteiger partial charge in [-0.2, -0.15) is 4.68 Å². The van der Waals surface area contributed by atoms with Crippen molar-refractivity contribution in [1.29, 1.82) is 0 Å². The van der Waals surface area contributed by atoms with Crippen LogP contribution in [0.5, 0.6) is 0 Å². The zero-order chi connectivity index (χ0) is 21.1. The number of benzene rings is 1. The second-order valence-electron chi connectivity index (χ2n) is 9.26. The molecular weight excluding hydrogens is 370 g/mol. The minimum absolute atomic E-state index is 0.0240. The molecule has 1 aliphatic carbocycles. The van der Waals surface area contributed by atoms with Gasteiger partial charge in [-0.15, -0.1) is 0 Å². The van der Waals surface area contributed by atoms with Crippen molar-refractivity contribution in [2.75, 3.05) is 37.5 Å². The van der Waals surface area contributed by atoms with Gasteiger partial charge in [0, 0.05) is 43.9 Å². The predicted molar refractivity (Wildman–Crippen MR) is 115 cm³/mol. The van der Waals surface area contributed by atoms with E-state index in [9.17, 15) is 9.59 Å². The van der Waals surface area contributed by atoms with Crippen molar-refractivity contribution in [3.05, 3.63) is 38.5 Å². The molecule has 1 saturated carbocycles. The molecule has 29 heavy (non-hydrogen) atoms. The van der Waals surface area contributed by atoms with E-state index in [1.165, 1.54) is 0 Å². The van der Waals surface area contributed by atoms with Gasteiger partial charge in [-0.05, 0) is 42.9 Å². The number of aromatic nitrogens is 2. The molecule has 1 aliphatic heterocycles. The number of hydrogen-bond donors (Lipinski definition) is 2. The van der Waals surface area contributed by atoms with Gasteiger partial charge in [-0.1, -0.05) is 13.8 Å². The molecule has 1 aromatic heterocycles. The fraction of sp³-hybridized carbons (Fsp3) is 0.619. The van der Waals surface area contributed by atoms with E-state index in [1.807, 2.05) is 13.0 Å². The standard InChI is InChI=1S/C21H31N5O3/c1-12-17(24-9-15(16(22)10-29-4)21(2,3)11-24)8-7-14-18(12)25(13-5-6-13)20(28)26(23)19(14)27/h7-8,13,15-16H,5-6,9-11,22-23H2,1-4H3/t15?,16-/m0/s1. The van der Waals surface area contributed by atoms with Crippen LogP contribution in [0.3, 0.4) is 0 Å². The van der Waals surface area contributed by atoms with E-state index in [0.29, 0.717) is 17.5 Å². The quantitative estimate of drug-likeness (QED) is 0.723. The number of hydrogen-bond acceptors (Lipinski definition) is 6. The Morgan fingerprint density at radius 2 is 1.97 bits per heavy atom. The molecule has 2 aliphatic rings. The maximum Gasteiger partial charge on any atom is 0.350 e. The van der Waals surface area contributed by atoms with E-state index in [0.717, 1.165) is 41.9 Å². The SMILES string of the molecule is COC[C@H](N)C1CN(c2ccc3c(=O)n(N)c(=O)n(C4CC4)c3c2C)CC1(C)C. The highest BCUT2D eigenvalue weighted by Gasteiger charge is 2.43. The summed E-state index contributed by atoms with van der Waals surface area (Å²) in [6.45, 7) is 8.64. The Kier molecular flexibility index (Phi) is 4.74. The Hall–Kier alpha value is -2.32. The summed E-state index contributed by atoms with van der Waals surface area (Å²) < 4.78 is 7.74. The van der Waals surface area contributed by atoms with E-state index in [4.69, 9.17) is 16.3 Å². The van der Waals surface area contributed by atoms with Crippen LogP contribution in [0, 0.1) is 18.3 Å². The first-order valence-corrected chi connectivity index (χ1v) is 10.2. The van der Waals surface area contributed by atoms with Crippen LogP contribution in [-0.4, -0.2) is 42.1 Å². The average molecular weight is 402 g/mol. The maximum atomic E-state index is 12.7. The number of methoxy groups -OCH3 is 1. The summed E-state index contributed by atoms with van der Waals surface area (Å²) in [6, 6.07) is 3.85. The van der Waals surface area contributed by atoms with Gasteiger partial charge in [0.1, 0.15) is 0 Å². The zero-order valence-corrected chi connectivity index (χ0v) is 17.6. The molecule has 4 N–H and O–H groups in total. The molecule has 1 unspecified atom stereocenters. The van der Waals surface area contributed by atoms with Gasteiger partial charge in [0.25, 0.3) is 5.56 Å². The van der Waals surface area contributed by atoms with Crippen molar-refractivity contribution in [1.82, 2.24) is 9.24 Å². The molecule has 158 valence electrons. The smallest absolute Gasteiger partial charge is 0.350 e. The van der Waals surface area contributed by atoms with E-state index < -0.39 is 11.2 Å². The van der Waals surface area contributed by atoms with Crippen LogP contribution in [0.15, 0.2) is 21.7 Å². The molecule has 0 amide bonds. The van der Waals surface area contributed by atoms with E-state index in [-0.39, 0.29) is 23.4 Å². The Bertz CT molecular complexity index is 1070. The number of fused-ring (bicyclic) bond motifs is 1. The number of nitrogen functional groups attached to an aromatic ring is 1. The highest BCUT2D eigenvalue weighted by molar-refractivity contribution is 5.87. The molecule has 1 saturated heterocycles. The van der Waals surface area contributed by atoms with E-state index >= 15 is 0 Å².